The van der Waals surface area contributed by atoms with Crippen LogP contribution >= 0.6 is 0 Å². The average Bonchev–Trinajstić information content (AvgIpc) is 3.83. The second kappa shape index (κ2) is 17.8. The number of aromatic nitrogens is 14. The number of rotatable bonds is 5. The third-order valence-corrected chi connectivity index (χ3v) is 14.6. The topological polar surface area (TPSA) is 188 Å². The Morgan fingerprint density at radius 2 is 0.728 bits per heavy atom. The molecule has 1 aliphatic rings. The minimum Gasteiger partial charge on any atom is -0.307 e. The van der Waals surface area contributed by atoms with E-state index >= 15 is 0 Å². The first kappa shape index (κ1) is 50.5. The van der Waals surface area contributed by atoms with Crippen LogP contribution in [0.15, 0.2) is 103 Å². The van der Waals surface area contributed by atoms with Crippen LogP contribution in [0.1, 0.15) is 86.1 Å². The minimum atomic E-state index is -5.20. The monoisotopic (exact) mass is 1090 g/mol. The quantitative estimate of drug-likeness (QED) is 0.148. The molecule has 21 heteroatoms. The molecule has 1 aliphatic heterocycles. The van der Waals surface area contributed by atoms with Gasteiger partial charge in [0, 0.05) is 38.2 Å². The van der Waals surface area contributed by atoms with E-state index in [9.17, 15) is 31.6 Å². The summed E-state index contributed by atoms with van der Waals surface area (Å²) in [5, 5.41) is 14.1. The van der Waals surface area contributed by atoms with E-state index in [1.807, 2.05) is 81.9 Å². The van der Waals surface area contributed by atoms with E-state index in [2.05, 4.69) is 26.0 Å². The van der Waals surface area contributed by atoms with Crippen molar-refractivity contribution >= 4 is 43.6 Å². The molecule has 0 N–H and O–H groups in total. The third-order valence-electron chi connectivity index (χ3n) is 14.6. The standard InChI is InChI=1S/C60H41F6N15/c1-27-68-28(2)73-54(72-27)35-9-13-43-45-15-11-39-23-50(45)80(48(43)19-35)52-21-38(26-67)47(37-17-41(59(61,62)63)22-42(18-37)60(64,65)66)25-53(52)81-49-20-36(55-74-29(3)69-30(4)75-55)10-14-44(49)46-16-12-40(24-51(46)81)58(39,56-76-31(5)70-32(6)77-56)57-78-33(7)71-34(8)79-57/h9-25H,1-8H3. The van der Waals surface area contributed by atoms with Crippen LogP contribution < -0.4 is 0 Å². The summed E-state index contributed by atoms with van der Waals surface area (Å²) < 4.78 is 92.7. The molecule has 0 saturated carbocycles. The maximum absolute atomic E-state index is 14.8. The molecule has 0 unspecified atom stereocenters. The van der Waals surface area contributed by atoms with Crippen molar-refractivity contribution in [3.63, 3.8) is 0 Å². The lowest BCUT2D eigenvalue weighted by Gasteiger charge is -2.33. The second-order valence-electron chi connectivity index (χ2n) is 20.2. The predicted octanol–water partition coefficient (Wildman–Crippen LogP) is 12.7. The molecule has 0 saturated heterocycles. The zero-order valence-electron chi connectivity index (χ0n) is 44.3. The Kier molecular flexibility index (Phi) is 11.1. The highest BCUT2D eigenvalue weighted by Gasteiger charge is 2.46. The van der Waals surface area contributed by atoms with Gasteiger partial charge in [0.1, 0.15) is 52.0 Å². The number of hydrogen-bond acceptors (Lipinski definition) is 13. The van der Waals surface area contributed by atoms with Gasteiger partial charge in [0.15, 0.2) is 23.3 Å². The lowest BCUT2D eigenvalue weighted by molar-refractivity contribution is -0.143. The van der Waals surface area contributed by atoms with Crippen LogP contribution in [0.25, 0.3) is 88.9 Å². The zero-order valence-corrected chi connectivity index (χ0v) is 44.3. The van der Waals surface area contributed by atoms with Crippen molar-refractivity contribution in [2.24, 2.45) is 0 Å². The first-order valence-corrected chi connectivity index (χ1v) is 25.4. The highest BCUT2D eigenvalue weighted by Crippen LogP contribution is 2.50. The largest absolute Gasteiger partial charge is 0.416 e. The fourth-order valence-corrected chi connectivity index (χ4v) is 11.5. The SMILES string of the molecule is Cc1nc(C)nc(-c2ccc3c4ccc5cc4n(c3c2)-c2cc(C#N)c(-c3cc(C(F)(F)F)cc(C(F)(F)F)c3)cc2-n2c3cc(-c4nc(C)nc(C)n4)ccc3c3ccc(cc32)C5(c2nc(C)nc(C)n2)c2nc(C)nc(C)n2)n1. The molecule has 0 radical (unpaired) electrons. The van der Waals surface area contributed by atoms with Gasteiger partial charge in [-0.15, -0.1) is 0 Å². The molecule has 15 nitrogen and oxygen atoms in total. The Bertz CT molecular complexity index is 4600. The molecule has 0 aliphatic carbocycles. The Morgan fingerprint density at radius 3 is 1.10 bits per heavy atom. The molecule has 7 heterocycles. The number of alkyl halides is 6. The summed E-state index contributed by atoms with van der Waals surface area (Å²) in [6.45, 7) is 14.1. The van der Waals surface area contributed by atoms with E-state index in [0.29, 0.717) is 131 Å². The van der Waals surface area contributed by atoms with Crippen molar-refractivity contribution in [1.82, 2.24) is 68.9 Å². The smallest absolute Gasteiger partial charge is 0.307 e. The van der Waals surface area contributed by atoms with E-state index in [4.69, 9.17) is 39.9 Å². The van der Waals surface area contributed by atoms with Gasteiger partial charge >= 0.3 is 12.4 Å². The fourth-order valence-electron chi connectivity index (χ4n) is 11.5. The number of aryl methyl sites for hydroxylation is 8. The lowest BCUT2D eigenvalue weighted by Crippen LogP contribution is -2.36. The van der Waals surface area contributed by atoms with Crippen LogP contribution in [-0.4, -0.2) is 68.9 Å². The average molecular weight is 1090 g/mol. The van der Waals surface area contributed by atoms with Crippen molar-refractivity contribution in [3.05, 3.63) is 189 Å². The van der Waals surface area contributed by atoms with Gasteiger partial charge in [-0.05, 0) is 127 Å². The normalized spacial score (nSPS) is 13.1. The Morgan fingerprint density at radius 1 is 0.383 bits per heavy atom. The molecule has 0 atom stereocenters. The van der Waals surface area contributed by atoms with Crippen LogP contribution in [0.2, 0.25) is 0 Å². The van der Waals surface area contributed by atoms with E-state index < -0.39 is 34.5 Å². The molecule has 4 bridgehead atoms. The van der Waals surface area contributed by atoms with Crippen molar-refractivity contribution in [1.29, 1.82) is 5.26 Å². The van der Waals surface area contributed by atoms with Gasteiger partial charge in [-0.25, -0.2) is 59.8 Å². The Labute approximate surface area is 456 Å². The zero-order chi connectivity index (χ0) is 56.8. The highest BCUT2D eigenvalue weighted by atomic mass is 19.4. The molecule has 398 valence electrons. The number of hydrogen-bond donors (Lipinski definition) is 0. The number of nitriles is 1. The number of fused-ring (bicyclic) bond motifs is 11. The van der Waals surface area contributed by atoms with Gasteiger partial charge in [-0.1, -0.05) is 48.5 Å². The fraction of sp³-hybridized carbons (Fsp3) is 0.183. The molecule has 81 heavy (non-hydrogen) atoms. The maximum Gasteiger partial charge on any atom is 0.416 e. The van der Waals surface area contributed by atoms with Crippen molar-refractivity contribution in [3.8, 4) is 51.3 Å². The predicted molar refractivity (Wildman–Crippen MR) is 289 cm³/mol. The molecule has 12 aromatic rings. The number of nitrogens with zero attached hydrogens (tertiary/aromatic N) is 15. The Hall–Kier alpha value is -9.97. The number of benzene rings is 6. The molecule has 6 aromatic carbocycles. The minimum absolute atomic E-state index is 0.0704. The maximum atomic E-state index is 14.8. The molecule has 6 aromatic heterocycles. The number of halogens is 6. The summed E-state index contributed by atoms with van der Waals surface area (Å²) in [5.74, 6) is 4.86. The van der Waals surface area contributed by atoms with Gasteiger partial charge in [0.2, 0.25) is 0 Å². The van der Waals surface area contributed by atoms with E-state index in [1.165, 1.54) is 12.1 Å². The van der Waals surface area contributed by atoms with Crippen molar-refractivity contribution in [2.45, 2.75) is 73.2 Å². The van der Waals surface area contributed by atoms with Gasteiger partial charge in [0.05, 0.1) is 56.2 Å². The van der Waals surface area contributed by atoms with Crippen LogP contribution in [0.3, 0.4) is 0 Å². The molecule has 0 fully saturated rings. The molecular weight excluding hydrogens is 1040 g/mol. The highest BCUT2D eigenvalue weighted by molar-refractivity contribution is 6.13. The molecular formula is C60H41F6N15. The summed E-state index contributed by atoms with van der Waals surface area (Å²) in [7, 11) is 0. The summed E-state index contributed by atoms with van der Waals surface area (Å²) in [6, 6.07) is 29.7. The van der Waals surface area contributed by atoms with E-state index in [0.717, 1.165) is 10.8 Å². The van der Waals surface area contributed by atoms with Crippen LogP contribution in [0, 0.1) is 66.7 Å². The van der Waals surface area contributed by atoms with Gasteiger partial charge in [-0.3, -0.25) is 0 Å². The van der Waals surface area contributed by atoms with E-state index in [1.54, 1.807) is 55.4 Å². The van der Waals surface area contributed by atoms with Crippen LogP contribution in [0.5, 0.6) is 0 Å². The van der Waals surface area contributed by atoms with Crippen LogP contribution in [-0.2, 0) is 17.8 Å². The molecule has 0 spiro atoms. The second-order valence-corrected chi connectivity index (χ2v) is 20.2. The van der Waals surface area contributed by atoms with E-state index in [-0.39, 0.29) is 34.5 Å². The van der Waals surface area contributed by atoms with Crippen LogP contribution in [0.4, 0.5) is 26.3 Å². The summed E-state index contributed by atoms with van der Waals surface area (Å²) >= 11 is 0. The van der Waals surface area contributed by atoms with Gasteiger partial charge in [-0.2, -0.15) is 31.6 Å². The summed E-state index contributed by atoms with van der Waals surface area (Å²) in [6.07, 6.45) is -10.4. The summed E-state index contributed by atoms with van der Waals surface area (Å²) in [5.41, 5.74) is -0.433. The third kappa shape index (κ3) is 8.10. The summed E-state index contributed by atoms with van der Waals surface area (Å²) in [4.78, 5) is 57.3. The lowest BCUT2D eigenvalue weighted by atomic mass is 9.72. The molecule has 0 amide bonds. The first-order chi connectivity index (χ1) is 38.5. The van der Waals surface area contributed by atoms with Gasteiger partial charge < -0.3 is 9.13 Å². The first-order valence-electron chi connectivity index (χ1n) is 25.4. The Balaban J connectivity index is 1.29. The van der Waals surface area contributed by atoms with Crippen molar-refractivity contribution < 1.29 is 26.3 Å². The molecule has 13 rings (SSSR count). The van der Waals surface area contributed by atoms with Crippen molar-refractivity contribution in [2.75, 3.05) is 0 Å². The van der Waals surface area contributed by atoms with Gasteiger partial charge in [0.25, 0.3) is 0 Å².